The lowest BCUT2D eigenvalue weighted by molar-refractivity contribution is -0.134. The topological polar surface area (TPSA) is 105 Å². The number of hydrogen-bond donors (Lipinski definition) is 0. The van der Waals surface area contributed by atoms with E-state index in [1.165, 1.54) is 37.5 Å². The largest absolute Gasteiger partial charge is 0.462 e. The summed E-state index contributed by atoms with van der Waals surface area (Å²) in [5.74, 6) is -0.941. The van der Waals surface area contributed by atoms with Crippen LogP contribution < -0.4 is 14.2 Å². The molecule has 0 N–H and O–H groups in total. The van der Waals surface area contributed by atoms with Gasteiger partial charge in [0.1, 0.15) is 17.2 Å². The monoisotopic (exact) mass is 718 g/mol. The average molecular weight is 719 g/mol. The zero-order chi connectivity index (χ0) is 37.7. The van der Waals surface area contributed by atoms with E-state index in [0.717, 1.165) is 68.9 Å². The second-order valence-corrected chi connectivity index (χ2v) is 12.9. The van der Waals surface area contributed by atoms with Crippen LogP contribution in [-0.2, 0) is 9.53 Å². The molecule has 4 aromatic carbocycles. The number of rotatable bonds is 22. The number of allylic oxidation sites excluding steroid dienone is 1. The van der Waals surface area contributed by atoms with E-state index >= 15 is 0 Å². The van der Waals surface area contributed by atoms with Gasteiger partial charge in [0.15, 0.2) is 0 Å². The molecule has 8 nitrogen and oxygen atoms in total. The van der Waals surface area contributed by atoms with E-state index in [9.17, 15) is 19.2 Å². The minimum absolute atomic E-state index is 0.186. The van der Waals surface area contributed by atoms with Gasteiger partial charge < -0.3 is 18.9 Å². The summed E-state index contributed by atoms with van der Waals surface area (Å²) in [5, 5.41) is 0. The minimum atomic E-state index is -0.642. The van der Waals surface area contributed by atoms with Crippen LogP contribution in [0.4, 0.5) is 0 Å². The molecule has 4 rings (SSSR count). The van der Waals surface area contributed by atoms with Crippen molar-refractivity contribution in [3.63, 3.8) is 0 Å². The van der Waals surface area contributed by atoms with Crippen molar-refractivity contribution in [1.82, 2.24) is 0 Å². The normalized spacial score (nSPS) is 10.7. The van der Waals surface area contributed by atoms with Crippen molar-refractivity contribution in [2.45, 2.75) is 90.4 Å². The summed E-state index contributed by atoms with van der Waals surface area (Å²) in [6.45, 7) is 6.29. The number of carbonyl (C=O) groups is 4. The molecule has 8 heteroatoms. The van der Waals surface area contributed by atoms with Crippen molar-refractivity contribution in [1.29, 1.82) is 0 Å². The third-order valence-electron chi connectivity index (χ3n) is 8.64. The van der Waals surface area contributed by atoms with Gasteiger partial charge in [0.05, 0.1) is 23.3 Å². The highest BCUT2D eigenvalue weighted by Gasteiger charge is 2.15. The van der Waals surface area contributed by atoms with Gasteiger partial charge in [-0.2, -0.15) is 0 Å². The van der Waals surface area contributed by atoms with Gasteiger partial charge in [0.2, 0.25) is 0 Å². The Balaban J connectivity index is 1.21. The SMILES string of the molecule is C=CCCCCCCCC(=O)Oc1ccc(-c2ccc(C(=O)Oc3cccc(C(=O)Oc4ccc(C(=O)OCCCCCCCC)cc4)c3)cc2)cc1. The zero-order valence-corrected chi connectivity index (χ0v) is 30.7. The molecule has 0 aliphatic heterocycles. The second kappa shape index (κ2) is 22.4. The first kappa shape index (κ1) is 40.3. The molecule has 53 heavy (non-hydrogen) atoms. The van der Waals surface area contributed by atoms with Gasteiger partial charge in [-0.15, -0.1) is 6.58 Å². The van der Waals surface area contributed by atoms with E-state index in [1.54, 1.807) is 66.7 Å². The van der Waals surface area contributed by atoms with Crippen LogP contribution in [0.3, 0.4) is 0 Å². The van der Waals surface area contributed by atoms with Gasteiger partial charge >= 0.3 is 23.9 Å². The van der Waals surface area contributed by atoms with Crippen LogP contribution in [0.5, 0.6) is 17.2 Å². The Morgan fingerprint density at radius 1 is 0.528 bits per heavy atom. The molecular weight excluding hydrogens is 668 g/mol. The summed E-state index contributed by atoms with van der Waals surface area (Å²) < 4.78 is 21.9. The Morgan fingerprint density at radius 2 is 1.06 bits per heavy atom. The number of esters is 4. The lowest BCUT2D eigenvalue weighted by Crippen LogP contribution is -2.11. The molecular formula is C45H50O8. The lowest BCUT2D eigenvalue weighted by atomic mass is 10.0. The van der Waals surface area contributed by atoms with Crippen molar-refractivity contribution in [3.05, 3.63) is 126 Å². The van der Waals surface area contributed by atoms with E-state index in [4.69, 9.17) is 18.9 Å². The Kier molecular flexibility index (Phi) is 17.1. The standard InChI is InChI=1S/C45H50O8/c1-3-5-7-9-11-12-14-19-42(46)51-39-28-24-35(25-29-39)34-20-22-37(23-21-34)44(48)53-41-18-16-17-38(33-41)45(49)52-40-30-26-36(27-31-40)43(47)50-32-15-13-10-8-6-4-2/h3,16-18,20-31,33H,1,4-15,19,32H2,2H3. The van der Waals surface area contributed by atoms with Crippen molar-refractivity contribution in [2.75, 3.05) is 6.61 Å². The maximum absolute atomic E-state index is 12.9. The predicted molar refractivity (Wildman–Crippen MR) is 206 cm³/mol. The summed E-state index contributed by atoms with van der Waals surface area (Å²) in [6.07, 6.45) is 15.2. The van der Waals surface area contributed by atoms with Crippen molar-refractivity contribution in [2.24, 2.45) is 0 Å². The fourth-order valence-corrected chi connectivity index (χ4v) is 5.59. The molecule has 0 aliphatic rings. The molecule has 4 aromatic rings. The maximum Gasteiger partial charge on any atom is 0.343 e. The van der Waals surface area contributed by atoms with Crippen LogP contribution in [0.2, 0.25) is 0 Å². The highest BCUT2D eigenvalue weighted by Crippen LogP contribution is 2.25. The molecule has 0 bridgehead atoms. The van der Waals surface area contributed by atoms with Crippen LogP contribution in [0, 0.1) is 0 Å². The van der Waals surface area contributed by atoms with Crippen molar-refractivity contribution >= 4 is 23.9 Å². The first-order valence-corrected chi connectivity index (χ1v) is 18.7. The summed E-state index contributed by atoms with van der Waals surface area (Å²) in [6, 6.07) is 26.5. The summed E-state index contributed by atoms with van der Waals surface area (Å²) in [4.78, 5) is 50.4. The zero-order valence-electron chi connectivity index (χ0n) is 30.7. The molecule has 0 radical (unpaired) electrons. The highest BCUT2D eigenvalue weighted by molar-refractivity contribution is 5.94. The number of ether oxygens (including phenoxy) is 4. The van der Waals surface area contributed by atoms with Gasteiger partial charge in [-0.25, -0.2) is 14.4 Å². The quantitative estimate of drug-likeness (QED) is 0.0342. The van der Waals surface area contributed by atoms with E-state index in [1.807, 2.05) is 18.2 Å². The molecule has 0 unspecified atom stereocenters. The van der Waals surface area contributed by atoms with Crippen LogP contribution in [0.15, 0.2) is 110 Å². The van der Waals surface area contributed by atoms with Gasteiger partial charge in [-0.05, 0) is 104 Å². The maximum atomic E-state index is 12.9. The van der Waals surface area contributed by atoms with Gasteiger partial charge in [0, 0.05) is 6.42 Å². The van der Waals surface area contributed by atoms with E-state index in [2.05, 4.69) is 13.5 Å². The highest BCUT2D eigenvalue weighted by atomic mass is 16.5. The molecule has 278 valence electrons. The molecule has 0 saturated carbocycles. The molecule has 0 heterocycles. The molecule has 0 atom stereocenters. The van der Waals surface area contributed by atoms with Crippen molar-refractivity contribution in [3.8, 4) is 28.4 Å². The summed E-state index contributed by atoms with van der Waals surface area (Å²) >= 11 is 0. The molecule has 0 saturated heterocycles. The van der Waals surface area contributed by atoms with Crippen LogP contribution >= 0.6 is 0 Å². The van der Waals surface area contributed by atoms with Gasteiger partial charge in [-0.3, -0.25) is 4.79 Å². The summed E-state index contributed by atoms with van der Waals surface area (Å²) in [7, 11) is 0. The Morgan fingerprint density at radius 3 is 1.75 bits per heavy atom. The Hall–Kier alpha value is -5.50. The van der Waals surface area contributed by atoms with E-state index < -0.39 is 17.9 Å². The number of benzene rings is 4. The first-order valence-electron chi connectivity index (χ1n) is 18.7. The molecule has 0 aliphatic carbocycles. The average Bonchev–Trinajstić information content (AvgIpc) is 3.18. The van der Waals surface area contributed by atoms with E-state index in [-0.39, 0.29) is 23.0 Å². The number of carbonyl (C=O) groups excluding carboxylic acids is 4. The third-order valence-corrected chi connectivity index (χ3v) is 8.64. The summed E-state index contributed by atoms with van der Waals surface area (Å²) in [5.41, 5.74) is 2.67. The predicted octanol–water partition coefficient (Wildman–Crippen LogP) is 11.1. The minimum Gasteiger partial charge on any atom is -0.462 e. The third kappa shape index (κ3) is 14.2. The lowest BCUT2D eigenvalue weighted by Gasteiger charge is -2.09. The first-order chi connectivity index (χ1) is 25.9. The Bertz CT molecular complexity index is 1760. The number of unbranched alkanes of at least 4 members (excludes halogenated alkanes) is 10. The molecule has 0 spiro atoms. The fraction of sp³-hybridized carbons (Fsp3) is 0.333. The Labute approximate surface area is 313 Å². The van der Waals surface area contributed by atoms with Gasteiger partial charge in [-0.1, -0.05) is 94.7 Å². The molecule has 0 fully saturated rings. The fourth-order valence-electron chi connectivity index (χ4n) is 5.59. The number of hydrogen-bond acceptors (Lipinski definition) is 8. The smallest absolute Gasteiger partial charge is 0.343 e. The van der Waals surface area contributed by atoms with Crippen LogP contribution in [-0.4, -0.2) is 30.5 Å². The van der Waals surface area contributed by atoms with Crippen molar-refractivity contribution < 1.29 is 38.1 Å². The molecule has 0 aromatic heterocycles. The van der Waals surface area contributed by atoms with Crippen LogP contribution in [0.25, 0.3) is 11.1 Å². The second-order valence-electron chi connectivity index (χ2n) is 12.9. The van der Waals surface area contributed by atoms with Gasteiger partial charge in [0.25, 0.3) is 0 Å². The van der Waals surface area contributed by atoms with Crippen LogP contribution in [0.1, 0.15) is 121 Å². The molecule has 0 amide bonds. The van der Waals surface area contributed by atoms with E-state index in [0.29, 0.717) is 29.9 Å².